The predicted octanol–water partition coefficient (Wildman–Crippen LogP) is 3.46. The van der Waals surface area contributed by atoms with Gasteiger partial charge in [-0.25, -0.2) is 0 Å². The van der Waals surface area contributed by atoms with E-state index in [2.05, 4.69) is 6.07 Å². The highest BCUT2D eigenvalue weighted by Gasteiger charge is 2.31. The van der Waals surface area contributed by atoms with Crippen LogP contribution in [0.2, 0.25) is 0 Å². The molecule has 1 fully saturated rings. The molecule has 1 aliphatic rings. The van der Waals surface area contributed by atoms with E-state index in [1.165, 1.54) is 6.07 Å². The summed E-state index contributed by atoms with van der Waals surface area (Å²) in [6.45, 7) is 0. The van der Waals surface area contributed by atoms with E-state index < -0.39 is 11.7 Å². The first-order valence-corrected chi connectivity index (χ1v) is 4.63. The van der Waals surface area contributed by atoms with Crippen molar-refractivity contribution >= 4 is 0 Å². The Kier molecular flexibility index (Phi) is 2.25. The van der Waals surface area contributed by atoms with Gasteiger partial charge in [0.2, 0.25) is 0 Å². The van der Waals surface area contributed by atoms with Crippen molar-refractivity contribution in [1.29, 1.82) is 0 Å². The molecule has 0 heterocycles. The van der Waals surface area contributed by atoms with E-state index >= 15 is 0 Å². The monoisotopic (exact) mass is 199 g/mol. The van der Waals surface area contributed by atoms with Crippen molar-refractivity contribution in [2.75, 3.05) is 0 Å². The van der Waals surface area contributed by atoms with Crippen LogP contribution in [0.4, 0.5) is 13.2 Å². The highest BCUT2D eigenvalue weighted by atomic mass is 19.4. The van der Waals surface area contributed by atoms with Gasteiger partial charge in [-0.3, -0.25) is 0 Å². The highest BCUT2D eigenvalue weighted by Crippen LogP contribution is 2.34. The van der Waals surface area contributed by atoms with Crippen LogP contribution in [0.15, 0.2) is 18.2 Å². The van der Waals surface area contributed by atoms with Gasteiger partial charge < -0.3 is 0 Å². The lowest BCUT2D eigenvalue weighted by Gasteiger charge is -2.07. The van der Waals surface area contributed by atoms with Gasteiger partial charge >= 0.3 is 6.18 Å². The zero-order valence-corrected chi connectivity index (χ0v) is 7.56. The Morgan fingerprint density at radius 2 is 2.00 bits per heavy atom. The second kappa shape index (κ2) is 3.30. The predicted molar refractivity (Wildman–Crippen MR) is 46.7 cm³/mol. The third kappa shape index (κ3) is 2.28. The van der Waals surface area contributed by atoms with Crippen molar-refractivity contribution < 1.29 is 13.2 Å². The van der Waals surface area contributed by atoms with Crippen LogP contribution in [0.1, 0.15) is 24.0 Å². The molecule has 0 amide bonds. The van der Waals surface area contributed by atoms with Crippen LogP contribution in [0.5, 0.6) is 0 Å². The van der Waals surface area contributed by atoms with Gasteiger partial charge in [-0.15, -0.1) is 0 Å². The second-order valence-electron chi connectivity index (χ2n) is 3.78. The Morgan fingerprint density at radius 3 is 2.57 bits per heavy atom. The fourth-order valence-corrected chi connectivity index (χ4v) is 1.46. The van der Waals surface area contributed by atoms with Crippen molar-refractivity contribution in [2.45, 2.75) is 25.4 Å². The largest absolute Gasteiger partial charge is 0.416 e. The average molecular weight is 199 g/mol. The minimum absolute atomic E-state index is 0.587. The molecule has 1 aromatic carbocycles. The number of halogens is 3. The summed E-state index contributed by atoms with van der Waals surface area (Å²) in [7, 11) is 0. The molecule has 1 saturated carbocycles. The summed E-state index contributed by atoms with van der Waals surface area (Å²) in [6, 6.07) is 6.42. The summed E-state index contributed by atoms with van der Waals surface area (Å²) in [5, 5.41) is 0. The van der Waals surface area contributed by atoms with Crippen molar-refractivity contribution in [2.24, 2.45) is 5.92 Å². The van der Waals surface area contributed by atoms with Gasteiger partial charge in [-0.05, 0) is 48.9 Å². The number of hydrogen-bond acceptors (Lipinski definition) is 0. The average Bonchev–Trinajstić information content (AvgIpc) is 2.87. The summed E-state index contributed by atoms with van der Waals surface area (Å²) in [6.07, 6.45) is -1.18. The van der Waals surface area contributed by atoms with Gasteiger partial charge in [0.05, 0.1) is 5.56 Å². The van der Waals surface area contributed by atoms with E-state index in [0.717, 1.165) is 30.9 Å². The second-order valence-corrected chi connectivity index (χ2v) is 3.78. The van der Waals surface area contributed by atoms with Crippen LogP contribution in [0.3, 0.4) is 0 Å². The number of benzene rings is 1. The van der Waals surface area contributed by atoms with Crippen LogP contribution in [-0.2, 0) is 12.6 Å². The Morgan fingerprint density at radius 1 is 1.29 bits per heavy atom. The topological polar surface area (TPSA) is 0 Å². The summed E-state index contributed by atoms with van der Waals surface area (Å²) >= 11 is 0. The molecule has 0 aromatic heterocycles. The first kappa shape index (κ1) is 9.56. The van der Waals surface area contributed by atoms with Crippen molar-refractivity contribution in [3.8, 4) is 0 Å². The Balaban J connectivity index is 2.17. The molecule has 0 N–H and O–H groups in total. The van der Waals surface area contributed by atoms with Crippen LogP contribution >= 0.6 is 0 Å². The van der Waals surface area contributed by atoms with Crippen molar-refractivity contribution in [3.63, 3.8) is 0 Å². The standard InChI is InChI=1S/C11H10F3/c12-11(13,14)10-3-1-2-9(7-10)6-8-4-5-8/h2-3,7-8H,4-6H2. The summed E-state index contributed by atoms with van der Waals surface area (Å²) in [5.41, 5.74) is 0.165. The Hall–Kier alpha value is -0.990. The zero-order valence-electron chi connectivity index (χ0n) is 7.56. The highest BCUT2D eigenvalue weighted by molar-refractivity contribution is 5.25. The Labute approximate surface area is 80.7 Å². The molecule has 0 unspecified atom stereocenters. The normalized spacial score (nSPS) is 17.1. The third-order valence-electron chi connectivity index (χ3n) is 2.40. The summed E-state index contributed by atoms with van der Waals surface area (Å²) in [4.78, 5) is 0. The van der Waals surface area contributed by atoms with Gasteiger partial charge in [0, 0.05) is 0 Å². The van der Waals surface area contributed by atoms with Crippen LogP contribution in [0.25, 0.3) is 0 Å². The van der Waals surface area contributed by atoms with Crippen molar-refractivity contribution in [3.05, 3.63) is 35.4 Å². The molecule has 0 bridgehead atoms. The molecule has 1 aromatic rings. The van der Waals surface area contributed by atoms with E-state index in [1.807, 2.05) is 0 Å². The lowest BCUT2D eigenvalue weighted by molar-refractivity contribution is -0.137. The maximum absolute atomic E-state index is 12.3. The lowest BCUT2D eigenvalue weighted by Crippen LogP contribution is -2.05. The maximum atomic E-state index is 12.3. The SMILES string of the molecule is FC(F)(F)c1c[c]cc(CC2CC2)c1. The number of rotatable bonds is 2. The van der Waals surface area contributed by atoms with Crippen LogP contribution in [-0.4, -0.2) is 0 Å². The van der Waals surface area contributed by atoms with E-state index in [1.54, 1.807) is 6.07 Å². The first-order chi connectivity index (χ1) is 6.55. The van der Waals surface area contributed by atoms with Gasteiger partial charge in [0.25, 0.3) is 0 Å². The molecule has 2 rings (SSSR count). The van der Waals surface area contributed by atoms with Gasteiger partial charge in [-0.1, -0.05) is 6.07 Å². The molecular formula is C11H10F3. The van der Waals surface area contributed by atoms with Gasteiger partial charge in [0.15, 0.2) is 0 Å². The third-order valence-corrected chi connectivity index (χ3v) is 2.40. The quantitative estimate of drug-likeness (QED) is 0.684. The molecule has 0 atom stereocenters. The smallest absolute Gasteiger partial charge is 0.166 e. The molecule has 3 heteroatoms. The number of alkyl halides is 3. The van der Waals surface area contributed by atoms with Crippen LogP contribution in [0, 0.1) is 12.0 Å². The fraction of sp³-hybridized carbons (Fsp3) is 0.455. The van der Waals surface area contributed by atoms with E-state index in [9.17, 15) is 13.2 Å². The molecule has 0 nitrogen and oxygen atoms in total. The van der Waals surface area contributed by atoms with Gasteiger partial charge in [0.1, 0.15) is 0 Å². The molecule has 0 saturated heterocycles. The fourth-order valence-electron chi connectivity index (χ4n) is 1.46. The molecule has 0 spiro atoms. The van der Waals surface area contributed by atoms with Gasteiger partial charge in [-0.2, -0.15) is 13.2 Å². The first-order valence-electron chi connectivity index (χ1n) is 4.63. The molecule has 75 valence electrons. The van der Waals surface area contributed by atoms with Crippen molar-refractivity contribution in [1.82, 2.24) is 0 Å². The minimum Gasteiger partial charge on any atom is -0.166 e. The minimum atomic E-state index is -4.24. The molecular weight excluding hydrogens is 189 g/mol. The van der Waals surface area contributed by atoms with E-state index in [4.69, 9.17) is 0 Å². The number of hydrogen-bond donors (Lipinski definition) is 0. The molecule has 1 aliphatic carbocycles. The summed E-state index contributed by atoms with van der Waals surface area (Å²) < 4.78 is 36.9. The Bertz CT molecular complexity index is 324. The maximum Gasteiger partial charge on any atom is 0.416 e. The molecule has 0 aliphatic heterocycles. The molecule has 14 heavy (non-hydrogen) atoms. The van der Waals surface area contributed by atoms with E-state index in [0.29, 0.717) is 5.92 Å². The van der Waals surface area contributed by atoms with Crippen LogP contribution < -0.4 is 0 Å². The zero-order chi connectivity index (χ0) is 10.2. The molecule has 1 radical (unpaired) electrons. The lowest BCUT2D eigenvalue weighted by atomic mass is 10.1. The summed E-state index contributed by atoms with van der Waals surface area (Å²) in [5.74, 6) is 0.604. The van der Waals surface area contributed by atoms with E-state index in [-0.39, 0.29) is 0 Å².